The van der Waals surface area contributed by atoms with Crippen LogP contribution in [0.2, 0.25) is 0 Å². The first-order chi connectivity index (χ1) is 9.47. The molecule has 3 N–H and O–H groups in total. The van der Waals surface area contributed by atoms with Gasteiger partial charge in [-0.05, 0) is 43.4 Å². The zero-order chi connectivity index (χ0) is 14.8. The predicted octanol–water partition coefficient (Wildman–Crippen LogP) is 1.62. The van der Waals surface area contributed by atoms with Gasteiger partial charge in [0.2, 0.25) is 10.0 Å². The molecule has 2 rings (SSSR count). The van der Waals surface area contributed by atoms with Crippen LogP contribution in [0.5, 0.6) is 5.75 Å². The maximum absolute atomic E-state index is 12.4. The van der Waals surface area contributed by atoms with E-state index in [-0.39, 0.29) is 10.9 Å². The third kappa shape index (κ3) is 3.13. The van der Waals surface area contributed by atoms with E-state index in [2.05, 4.69) is 4.72 Å². The van der Waals surface area contributed by atoms with E-state index in [4.69, 9.17) is 10.5 Å². The van der Waals surface area contributed by atoms with E-state index in [1.165, 1.54) is 13.5 Å². The number of rotatable bonds is 6. The monoisotopic (exact) mass is 298 g/mol. The van der Waals surface area contributed by atoms with E-state index in [1.54, 1.807) is 18.2 Å². The topological polar surface area (TPSA) is 81.4 Å². The predicted molar refractivity (Wildman–Crippen MR) is 78.0 cm³/mol. The van der Waals surface area contributed by atoms with Crippen molar-refractivity contribution in [2.75, 3.05) is 7.11 Å². The number of ether oxygens (including phenoxy) is 1. The number of methoxy groups -OCH3 is 1. The van der Waals surface area contributed by atoms with E-state index < -0.39 is 10.0 Å². The summed E-state index contributed by atoms with van der Waals surface area (Å²) in [4.78, 5) is 0.170. The Morgan fingerprint density at radius 3 is 2.65 bits per heavy atom. The molecule has 1 aliphatic rings. The molecule has 20 heavy (non-hydrogen) atoms. The summed E-state index contributed by atoms with van der Waals surface area (Å²) in [6.45, 7) is 2.27. The molecule has 0 aliphatic heterocycles. The van der Waals surface area contributed by atoms with Gasteiger partial charge in [0.25, 0.3) is 0 Å². The first kappa shape index (κ1) is 15.3. The minimum absolute atomic E-state index is 0.0485. The van der Waals surface area contributed by atoms with Crippen molar-refractivity contribution >= 4 is 10.0 Å². The van der Waals surface area contributed by atoms with Crippen LogP contribution in [-0.4, -0.2) is 21.6 Å². The molecule has 1 unspecified atom stereocenters. The fraction of sp³-hybridized carbons (Fsp3) is 0.571. The fourth-order valence-corrected chi connectivity index (χ4v) is 3.87. The standard InChI is InChI=1S/C14H22N2O3S/c1-10(12-4-3-5-12)16-20(17,18)14-7-6-11(9-15)8-13(14)19-2/h6-8,10,12,16H,3-5,9,15H2,1-2H3. The highest BCUT2D eigenvalue weighted by atomic mass is 32.2. The van der Waals surface area contributed by atoms with Crippen LogP contribution in [0.1, 0.15) is 31.7 Å². The van der Waals surface area contributed by atoms with Crippen LogP contribution in [0.3, 0.4) is 0 Å². The van der Waals surface area contributed by atoms with Gasteiger partial charge in [-0.25, -0.2) is 13.1 Å². The minimum Gasteiger partial charge on any atom is -0.495 e. The van der Waals surface area contributed by atoms with Gasteiger partial charge in [-0.3, -0.25) is 0 Å². The molecule has 0 amide bonds. The maximum atomic E-state index is 12.4. The van der Waals surface area contributed by atoms with Gasteiger partial charge >= 0.3 is 0 Å². The number of nitrogens with one attached hydrogen (secondary N) is 1. The SMILES string of the molecule is COc1cc(CN)ccc1S(=O)(=O)NC(C)C1CCC1. The van der Waals surface area contributed by atoms with Gasteiger partial charge in [0.05, 0.1) is 7.11 Å². The molecule has 0 heterocycles. The van der Waals surface area contributed by atoms with Crippen molar-refractivity contribution in [3.8, 4) is 5.75 Å². The highest BCUT2D eigenvalue weighted by molar-refractivity contribution is 7.89. The van der Waals surface area contributed by atoms with E-state index in [9.17, 15) is 8.42 Å². The molecule has 1 aromatic rings. The molecule has 1 aromatic carbocycles. The average Bonchev–Trinajstić information content (AvgIpc) is 2.35. The summed E-state index contributed by atoms with van der Waals surface area (Å²) >= 11 is 0. The normalized spacial score (nSPS) is 17.6. The van der Waals surface area contributed by atoms with Crippen LogP contribution < -0.4 is 15.2 Å². The van der Waals surface area contributed by atoms with Gasteiger partial charge in [0.1, 0.15) is 10.6 Å². The number of hydrogen-bond donors (Lipinski definition) is 2. The summed E-state index contributed by atoms with van der Waals surface area (Å²) in [5.74, 6) is 0.778. The Kier molecular flexibility index (Phi) is 4.67. The quantitative estimate of drug-likeness (QED) is 0.836. The summed E-state index contributed by atoms with van der Waals surface area (Å²) in [6.07, 6.45) is 3.37. The van der Waals surface area contributed by atoms with Gasteiger partial charge in [-0.2, -0.15) is 0 Å². The third-order valence-corrected chi connectivity index (χ3v) is 5.55. The number of sulfonamides is 1. The average molecular weight is 298 g/mol. The lowest BCUT2D eigenvalue weighted by Gasteiger charge is -2.31. The smallest absolute Gasteiger partial charge is 0.244 e. The van der Waals surface area contributed by atoms with E-state index in [1.807, 2.05) is 6.92 Å². The van der Waals surface area contributed by atoms with Crippen LogP contribution in [0.15, 0.2) is 23.1 Å². The molecule has 0 aromatic heterocycles. The van der Waals surface area contributed by atoms with Crippen LogP contribution in [-0.2, 0) is 16.6 Å². The molecule has 1 atom stereocenters. The number of hydrogen-bond acceptors (Lipinski definition) is 4. The second-order valence-corrected chi connectivity index (χ2v) is 6.97. The van der Waals surface area contributed by atoms with Crippen LogP contribution in [0.4, 0.5) is 0 Å². The van der Waals surface area contributed by atoms with Crippen molar-refractivity contribution in [2.24, 2.45) is 11.7 Å². The molecule has 0 saturated heterocycles. The summed E-state index contributed by atoms with van der Waals surface area (Å²) < 4.78 is 32.8. The van der Waals surface area contributed by atoms with Crippen LogP contribution in [0.25, 0.3) is 0 Å². The Hall–Kier alpha value is -1.11. The number of nitrogens with two attached hydrogens (primary N) is 1. The summed E-state index contributed by atoms with van der Waals surface area (Å²) in [5.41, 5.74) is 6.40. The molecule has 5 nitrogen and oxygen atoms in total. The number of benzene rings is 1. The van der Waals surface area contributed by atoms with Crippen molar-refractivity contribution in [1.29, 1.82) is 0 Å². The Labute approximate surface area is 120 Å². The molecular weight excluding hydrogens is 276 g/mol. The lowest BCUT2D eigenvalue weighted by molar-refractivity contribution is 0.260. The van der Waals surface area contributed by atoms with Crippen molar-refractivity contribution in [3.05, 3.63) is 23.8 Å². The Bertz CT molecular complexity index is 568. The lowest BCUT2D eigenvalue weighted by atomic mass is 9.81. The molecule has 6 heteroatoms. The van der Waals surface area contributed by atoms with Crippen molar-refractivity contribution in [2.45, 2.75) is 43.7 Å². The molecule has 0 spiro atoms. The molecule has 0 bridgehead atoms. The fourth-order valence-electron chi connectivity index (χ4n) is 2.41. The van der Waals surface area contributed by atoms with Gasteiger partial charge in [0, 0.05) is 12.6 Å². The zero-order valence-corrected chi connectivity index (χ0v) is 12.7. The second kappa shape index (κ2) is 6.11. The zero-order valence-electron chi connectivity index (χ0n) is 11.9. The highest BCUT2D eigenvalue weighted by Gasteiger charge is 2.29. The Morgan fingerprint density at radius 1 is 1.45 bits per heavy atom. The highest BCUT2D eigenvalue weighted by Crippen LogP contribution is 2.31. The molecular formula is C14H22N2O3S. The Balaban J connectivity index is 2.23. The molecule has 1 fully saturated rings. The van der Waals surface area contributed by atoms with Crippen molar-refractivity contribution in [3.63, 3.8) is 0 Å². The third-order valence-electron chi connectivity index (χ3n) is 3.95. The van der Waals surface area contributed by atoms with E-state index in [0.29, 0.717) is 18.2 Å². The summed E-state index contributed by atoms with van der Waals surface area (Å²) in [6, 6.07) is 4.89. The van der Waals surface area contributed by atoms with Gasteiger partial charge < -0.3 is 10.5 Å². The van der Waals surface area contributed by atoms with Gasteiger partial charge in [-0.15, -0.1) is 0 Å². The Morgan fingerprint density at radius 2 is 2.15 bits per heavy atom. The van der Waals surface area contributed by atoms with E-state index >= 15 is 0 Å². The molecule has 1 aliphatic carbocycles. The first-order valence-corrected chi connectivity index (χ1v) is 8.35. The molecule has 0 radical (unpaired) electrons. The van der Waals surface area contributed by atoms with E-state index in [0.717, 1.165) is 18.4 Å². The lowest BCUT2D eigenvalue weighted by Crippen LogP contribution is -2.40. The minimum atomic E-state index is -3.56. The maximum Gasteiger partial charge on any atom is 0.244 e. The summed E-state index contributed by atoms with van der Waals surface area (Å²) in [7, 11) is -2.10. The largest absolute Gasteiger partial charge is 0.495 e. The van der Waals surface area contributed by atoms with Crippen molar-refractivity contribution < 1.29 is 13.2 Å². The van der Waals surface area contributed by atoms with Crippen LogP contribution in [0, 0.1) is 5.92 Å². The van der Waals surface area contributed by atoms with Gasteiger partial charge in [-0.1, -0.05) is 12.5 Å². The van der Waals surface area contributed by atoms with Crippen molar-refractivity contribution in [1.82, 2.24) is 4.72 Å². The summed E-state index contributed by atoms with van der Waals surface area (Å²) in [5, 5.41) is 0. The first-order valence-electron chi connectivity index (χ1n) is 6.87. The molecule has 112 valence electrons. The van der Waals surface area contributed by atoms with Crippen LogP contribution >= 0.6 is 0 Å². The second-order valence-electron chi connectivity index (χ2n) is 5.29. The molecule has 1 saturated carbocycles. The van der Waals surface area contributed by atoms with Gasteiger partial charge in [0.15, 0.2) is 0 Å².